The minimum Gasteiger partial charge on any atom is -0.310 e. The van der Waals surface area contributed by atoms with Crippen molar-refractivity contribution in [3.8, 4) is 61.3 Å². The molecule has 9 aromatic carbocycles. The Morgan fingerprint density at radius 1 is 0.429 bits per heavy atom. The van der Waals surface area contributed by atoms with Crippen LogP contribution in [-0.2, 0) is 5.41 Å². The molecule has 296 valence electrons. The van der Waals surface area contributed by atoms with Gasteiger partial charge in [-0.25, -0.2) is 0 Å². The van der Waals surface area contributed by atoms with Gasteiger partial charge < -0.3 is 9.47 Å². The molecule has 0 amide bonds. The lowest BCUT2D eigenvalue weighted by molar-refractivity contribution is 0.660. The van der Waals surface area contributed by atoms with E-state index in [0.29, 0.717) is 0 Å². The smallest absolute Gasteiger partial charge is 0.0547 e. The zero-order valence-corrected chi connectivity index (χ0v) is 35.0. The fraction of sp³-hybridized carbons (Fsp3) is 0.0500. The first-order chi connectivity index (χ1) is 31.0. The molecule has 2 heterocycles. The van der Waals surface area contributed by atoms with Crippen LogP contribution in [0.2, 0.25) is 0 Å². The third-order valence-corrected chi connectivity index (χ3v) is 13.8. The number of hydrogen-bond donors (Lipinski definition) is 0. The standard InChI is InChI=1S/C60H41N3/c1-60(2)53-20-8-6-16-46(53)47-31-30-44(36-54(47)60)62(41-24-22-39(23-25-41)38-12-4-3-5-13-38)42-26-28-43(29-27-42)63-55-21-9-7-17-51(55)59-56(63)33-32-50-49-19-11-15-40-14-10-18-48(57(40)49)45-34-35-61-37-52(45)58(50)59/h3-37H,1-2H3. The van der Waals surface area contributed by atoms with Gasteiger partial charge in [0.25, 0.3) is 0 Å². The van der Waals surface area contributed by atoms with E-state index in [1.165, 1.54) is 93.8 Å². The number of anilines is 3. The van der Waals surface area contributed by atoms with Crippen LogP contribution in [0.25, 0.3) is 93.9 Å². The van der Waals surface area contributed by atoms with Gasteiger partial charge in [0.2, 0.25) is 0 Å². The Bertz CT molecular complexity index is 3630. The molecule has 2 aliphatic rings. The predicted molar refractivity (Wildman–Crippen MR) is 264 cm³/mol. The second-order valence-corrected chi connectivity index (χ2v) is 17.5. The summed E-state index contributed by atoms with van der Waals surface area (Å²) in [6.45, 7) is 4.71. The molecule has 2 aromatic heterocycles. The van der Waals surface area contributed by atoms with Gasteiger partial charge in [-0.05, 0) is 133 Å². The van der Waals surface area contributed by atoms with E-state index in [4.69, 9.17) is 4.98 Å². The summed E-state index contributed by atoms with van der Waals surface area (Å²) < 4.78 is 2.44. The molecular formula is C60H41N3. The highest BCUT2D eigenvalue weighted by Gasteiger charge is 2.36. The van der Waals surface area contributed by atoms with Crippen molar-refractivity contribution in [2.45, 2.75) is 19.3 Å². The van der Waals surface area contributed by atoms with Gasteiger partial charge in [0.05, 0.1) is 11.0 Å². The molecular weight excluding hydrogens is 763 g/mol. The molecule has 0 unspecified atom stereocenters. The fourth-order valence-electron chi connectivity index (χ4n) is 10.9. The van der Waals surface area contributed by atoms with Crippen LogP contribution >= 0.6 is 0 Å². The average molecular weight is 804 g/mol. The van der Waals surface area contributed by atoms with Gasteiger partial charge >= 0.3 is 0 Å². The maximum absolute atomic E-state index is 4.74. The number of pyridine rings is 1. The van der Waals surface area contributed by atoms with E-state index in [9.17, 15) is 0 Å². The highest BCUT2D eigenvalue weighted by atomic mass is 15.1. The minimum absolute atomic E-state index is 0.116. The van der Waals surface area contributed by atoms with Gasteiger partial charge in [-0.15, -0.1) is 0 Å². The Kier molecular flexibility index (Phi) is 7.65. The Morgan fingerprint density at radius 3 is 1.87 bits per heavy atom. The summed E-state index contributed by atoms with van der Waals surface area (Å²) in [5.41, 5.74) is 21.8. The highest BCUT2D eigenvalue weighted by Crippen LogP contribution is 2.53. The molecule has 0 saturated heterocycles. The molecule has 3 nitrogen and oxygen atoms in total. The maximum atomic E-state index is 4.74. The molecule has 13 rings (SSSR count). The highest BCUT2D eigenvalue weighted by molar-refractivity contribution is 6.23. The maximum Gasteiger partial charge on any atom is 0.0547 e. The molecule has 0 fully saturated rings. The van der Waals surface area contributed by atoms with E-state index in [1.54, 1.807) is 0 Å². The van der Waals surface area contributed by atoms with Gasteiger partial charge in [-0.3, -0.25) is 4.98 Å². The van der Waals surface area contributed by atoms with Crippen molar-refractivity contribution in [1.29, 1.82) is 0 Å². The fourth-order valence-corrected chi connectivity index (χ4v) is 10.9. The van der Waals surface area contributed by atoms with Gasteiger partial charge in [-0.1, -0.05) is 147 Å². The second kappa shape index (κ2) is 13.5. The zero-order valence-electron chi connectivity index (χ0n) is 35.0. The molecule has 11 aromatic rings. The normalized spacial score (nSPS) is 13.0. The Morgan fingerprint density at radius 2 is 1.06 bits per heavy atom. The van der Waals surface area contributed by atoms with Gasteiger partial charge in [0.15, 0.2) is 0 Å². The summed E-state index contributed by atoms with van der Waals surface area (Å²) in [5, 5.41) is 5.01. The van der Waals surface area contributed by atoms with Crippen molar-refractivity contribution in [1.82, 2.24) is 9.55 Å². The molecule has 0 spiro atoms. The van der Waals surface area contributed by atoms with Crippen LogP contribution in [-0.4, -0.2) is 9.55 Å². The number of para-hydroxylation sites is 1. The van der Waals surface area contributed by atoms with Crippen molar-refractivity contribution in [2.75, 3.05) is 4.90 Å². The summed E-state index contributed by atoms with van der Waals surface area (Å²) in [6.07, 6.45) is 4.00. The summed E-state index contributed by atoms with van der Waals surface area (Å²) in [7, 11) is 0. The number of nitrogens with zero attached hydrogens (tertiary/aromatic N) is 3. The predicted octanol–water partition coefficient (Wildman–Crippen LogP) is 16.1. The molecule has 3 heteroatoms. The monoisotopic (exact) mass is 803 g/mol. The quantitative estimate of drug-likeness (QED) is 0.173. The number of rotatable bonds is 5. The van der Waals surface area contributed by atoms with Crippen molar-refractivity contribution in [2.24, 2.45) is 0 Å². The number of fused-ring (bicyclic) bond motifs is 12. The van der Waals surface area contributed by atoms with E-state index in [1.807, 2.05) is 6.20 Å². The summed E-state index contributed by atoms with van der Waals surface area (Å²) >= 11 is 0. The zero-order chi connectivity index (χ0) is 41.8. The number of benzene rings is 9. The molecule has 0 saturated carbocycles. The lowest BCUT2D eigenvalue weighted by Crippen LogP contribution is -2.16. The van der Waals surface area contributed by atoms with Crippen LogP contribution in [0.3, 0.4) is 0 Å². The van der Waals surface area contributed by atoms with Crippen LogP contribution in [0.5, 0.6) is 0 Å². The van der Waals surface area contributed by atoms with Crippen LogP contribution in [0.4, 0.5) is 17.1 Å². The first-order valence-electron chi connectivity index (χ1n) is 21.9. The third-order valence-electron chi connectivity index (χ3n) is 13.8. The van der Waals surface area contributed by atoms with Crippen molar-refractivity contribution in [3.63, 3.8) is 0 Å². The van der Waals surface area contributed by atoms with Gasteiger partial charge in [0, 0.05) is 62.5 Å². The van der Waals surface area contributed by atoms with E-state index in [0.717, 1.165) is 28.3 Å². The van der Waals surface area contributed by atoms with Crippen molar-refractivity contribution < 1.29 is 0 Å². The van der Waals surface area contributed by atoms with E-state index in [-0.39, 0.29) is 5.41 Å². The van der Waals surface area contributed by atoms with Crippen molar-refractivity contribution in [3.05, 3.63) is 224 Å². The lowest BCUT2D eigenvalue weighted by Gasteiger charge is -2.28. The molecule has 0 bridgehead atoms. The first kappa shape index (κ1) is 35.7. The minimum atomic E-state index is -0.116. The van der Waals surface area contributed by atoms with Crippen LogP contribution in [0.1, 0.15) is 25.0 Å². The number of aromatic nitrogens is 2. The largest absolute Gasteiger partial charge is 0.310 e. The van der Waals surface area contributed by atoms with E-state index < -0.39 is 0 Å². The number of hydrogen-bond acceptors (Lipinski definition) is 2. The summed E-state index contributed by atoms with van der Waals surface area (Å²) in [4.78, 5) is 7.15. The molecule has 2 aliphatic carbocycles. The van der Waals surface area contributed by atoms with E-state index >= 15 is 0 Å². The van der Waals surface area contributed by atoms with Crippen molar-refractivity contribution >= 4 is 49.6 Å². The molecule has 63 heavy (non-hydrogen) atoms. The lowest BCUT2D eigenvalue weighted by atomic mass is 9.82. The summed E-state index contributed by atoms with van der Waals surface area (Å²) in [6, 6.07) is 73.8. The molecule has 0 atom stereocenters. The summed E-state index contributed by atoms with van der Waals surface area (Å²) in [5.74, 6) is 0. The second-order valence-electron chi connectivity index (χ2n) is 17.5. The topological polar surface area (TPSA) is 21.1 Å². The molecule has 0 aliphatic heterocycles. The SMILES string of the molecule is CC1(C)c2ccccc2-c2ccc(N(c3ccc(-c4ccccc4)cc3)c3ccc(-n4c5ccccc5c5c6c(ccc54)-c4cccc5cccc(c45)-c4ccncc4-6)cc3)cc21. The molecule has 0 N–H and O–H groups in total. The van der Waals surface area contributed by atoms with Gasteiger partial charge in [0.1, 0.15) is 0 Å². The third kappa shape index (κ3) is 5.23. The Hall–Kier alpha value is -8.01. The molecule has 0 radical (unpaired) electrons. The van der Waals surface area contributed by atoms with E-state index in [2.05, 4.69) is 230 Å². The first-order valence-corrected chi connectivity index (χ1v) is 21.9. The van der Waals surface area contributed by atoms with Crippen LogP contribution in [0.15, 0.2) is 213 Å². The average Bonchev–Trinajstić information content (AvgIpc) is 3.75. The van der Waals surface area contributed by atoms with Gasteiger partial charge in [-0.2, -0.15) is 0 Å². The Balaban J connectivity index is 0.987. The Labute approximate surface area is 366 Å². The van der Waals surface area contributed by atoms with Crippen LogP contribution < -0.4 is 4.90 Å². The van der Waals surface area contributed by atoms with Crippen LogP contribution in [0, 0.1) is 0 Å².